The van der Waals surface area contributed by atoms with Gasteiger partial charge in [-0.15, -0.1) is 0 Å². The Labute approximate surface area is 101 Å². The summed E-state index contributed by atoms with van der Waals surface area (Å²) in [7, 11) is 4.16. The molecule has 0 aromatic carbocycles. The summed E-state index contributed by atoms with van der Waals surface area (Å²) in [5.74, 6) is 0. The predicted molar refractivity (Wildman–Crippen MR) is 66.9 cm³/mol. The Morgan fingerprint density at radius 3 is 2.53 bits per heavy atom. The van der Waals surface area contributed by atoms with Crippen LogP contribution in [0.1, 0.15) is 31.7 Å². The average molecular weight is 274 g/mol. The number of aromatic nitrogens is 2. The van der Waals surface area contributed by atoms with Crippen LogP contribution in [0.3, 0.4) is 0 Å². The first-order valence-electron chi connectivity index (χ1n) is 5.48. The van der Waals surface area contributed by atoms with Gasteiger partial charge in [0.15, 0.2) is 0 Å². The number of aryl methyl sites for hydroxylation is 2. The van der Waals surface area contributed by atoms with Crippen molar-refractivity contribution < 1.29 is 0 Å². The van der Waals surface area contributed by atoms with Crippen molar-refractivity contribution in [1.82, 2.24) is 14.7 Å². The van der Waals surface area contributed by atoms with Gasteiger partial charge in [-0.2, -0.15) is 5.10 Å². The van der Waals surface area contributed by atoms with Crippen LogP contribution in [0, 0.1) is 0 Å². The zero-order valence-corrected chi connectivity index (χ0v) is 11.6. The van der Waals surface area contributed by atoms with Crippen molar-refractivity contribution in [2.75, 3.05) is 13.6 Å². The third-order valence-corrected chi connectivity index (χ3v) is 3.44. The molecular weight excluding hydrogens is 254 g/mol. The number of hydrogen-bond donors (Lipinski definition) is 0. The molecule has 0 saturated carbocycles. The van der Waals surface area contributed by atoms with Gasteiger partial charge in [0, 0.05) is 13.6 Å². The molecule has 0 N–H and O–H groups in total. The van der Waals surface area contributed by atoms with Crippen LogP contribution in [0.4, 0.5) is 0 Å². The number of hydrogen-bond acceptors (Lipinski definition) is 2. The highest BCUT2D eigenvalue weighted by molar-refractivity contribution is 9.10. The summed E-state index contributed by atoms with van der Waals surface area (Å²) in [4.78, 5) is 2.32. The van der Waals surface area contributed by atoms with E-state index in [-0.39, 0.29) is 0 Å². The standard InChI is InChI=1S/C11H20BrN3/c1-5-7-14(3)8-10-11(12)9(6-2)13-15(10)4/h5-8H2,1-4H3. The maximum atomic E-state index is 4.48. The van der Waals surface area contributed by atoms with Gasteiger partial charge in [-0.05, 0) is 42.4 Å². The molecule has 0 aliphatic heterocycles. The lowest BCUT2D eigenvalue weighted by Gasteiger charge is -2.15. The summed E-state index contributed by atoms with van der Waals surface area (Å²) >= 11 is 3.63. The fraction of sp³-hybridized carbons (Fsp3) is 0.727. The van der Waals surface area contributed by atoms with Crippen LogP contribution in [0.25, 0.3) is 0 Å². The first-order valence-corrected chi connectivity index (χ1v) is 6.28. The Morgan fingerprint density at radius 1 is 1.40 bits per heavy atom. The summed E-state index contributed by atoms with van der Waals surface area (Å²) in [5, 5.41) is 4.48. The van der Waals surface area contributed by atoms with E-state index in [1.54, 1.807) is 0 Å². The van der Waals surface area contributed by atoms with Crippen molar-refractivity contribution in [3.05, 3.63) is 15.9 Å². The van der Waals surface area contributed by atoms with E-state index in [9.17, 15) is 0 Å². The van der Waals surface area contributed by atoms with Crippen molar-refractivity contribution in [1.29, 1.82) is 0 Å². The van der Waals surface area contributed by atoms with Gasteiger partial charge in [0.05, 0.1) is 15.9 Å². The molecule has 0 unspecified atom stereocenters. The Morgan fingerprint density at radius 2 is 2.07 bits per heavy atom. The highest BCUT2D eigenvalue weighted by atomic mass is 79.9. The summed E-state index contributed by atoms with van der Waals surface area (Å²) in [6, 6.07) is 0. The second-order valence-electron chi connectivity index (χ2n) is 3.92. The summed E-state index contributed by atoms with van der Waals surface area (Å²) < 4.78 is 3.16. The van der Waals surface area contributed by atoms with E-state index in [1.165, 1.54) is 16.6 Å². The van der Waals surface area contributed by atoms with Crippen LogP contribution in [0.5, 0.6) is 0 Å². The highest BCUT2D eigenvalue weighted by Gasteiger charge is 2.13. The van der Waals surface area contributed by atoms with Crippen molar-refractivity contribution in [2.24, 2.45) is 7.05 Å². The summed E-state index contributed by atoms with van der Waals surface area (Å²) in [5.41, 5.74) is 2.42. The second-order valence-corrected chi connectivity index (χ2v) is 4.72. The van der Waals surface area contributed by atoms with E-state index < -0.39 is 0 Å². The minimum absolute atomic E-state index is 0.956. The van der Waals surface area contributed by atoms with E-state index in [2.05, 4.69) is 46.8 Å². The average Bonchev–Trinajstić information content (AvgIpc) is 2.45. The lowest BCUT2D eigenvalue weighted by Crippen LogP contribution is -2.20. The Kier molecular flexibility index (Phi) is 4.80. The minimum atomic E-state index is 0.956. The lowest BCUT2D eigenvalue weighted by molar-refractivity contribution is 0.317. The molecule has 1 heterocycles. The zero-order chi connectivity index (χ0) is 11.4. The third-order valence-electron chi connectivity index (χ3n) is 2.53. The van der Waals surface area contributed by atoms with Crippen molar-refractivity contribution in [2.45, 2.75) is 33.2 Å². The van der Waals surface area contributed by atoms with Gasteiger partial charge in [0.2, 0.25) is 0 Å². The van der Waals surface area contributed by atoms with Crippen LogP contribution in [0.15, 0.2) is 4.47 Å². The maximum absolute atomic E-state index is 4.48. The summed E-state index contributed by atoms with van der Waals surface area (Å²) in [6.45, 7) is 6.41. The Balaban J connectivity index is 2.80. The molecule has 1 rings (SSSR count). The topological polar surface area (TPSA) is 21.1 Å². The molecule has 86 valence electrons. The molecule has 0 bridgehead atoms. The van der Waals surface area contributed by atoms with Gasteiger partial charge in [-0.25, -0.2) is 0 Å². The molecule has 0 radical (unpaired) electrons. The fourth-order valence-electron chi connectivity index (χ4n) is 1.71. The fourth-order valence-corrected chi connectivity index (χ4v) is 2.45. The first-order chi connectivity index (χ1) is 7.10. The van der Waals surface area contributed by atoms with E-state index >= 15 is 0 Å². The molecule has 0 atom stereocenters. The largest absolute Gasteiger partial charge is 0.301 e. The quantitative estimate of drug-likeness (QED) is 0.823. The molecular formula is C11H20BrN3. The van der Waals surface area contributed by atoms with Crippen molar-refractivity contribution >= 4 is 15.9 Å². The first kappa shape index (κ1) is 12.7. The van der Waals surface area contributed by atoms with Crippen LogP contribution in [-0.4, -0.2) is 28.3 Å². The molecule has 0 saturated heterocycles. The monoisotopic (exact) mass is 273 g/mol. The van der Waals surface area contributed by atoms with Gasteiger partial charge in [0.25, 0.3) is 0 Å². The van der Waals surface area contributed by atoms with Crippen LogP contribution >= 0.6 is 15.9 Å². The van der Waals surface area contributed by atoms with Gasteiger partial charge >= 0.3 is 0 Å². The van der Waals surface area contributed by atoms with E-state index in [0.29, 0.717) is 0 Å². The molecule has 0 spiro atoms. The van der Waals surface area contributed by atoms with E-state index in [0.717, 1.165) is 25.2 Å². The van der Waals surface area contributed by atoms with Gasteiger partial charge in [-0.1, -0.05) is 13.8 Å². The van der Waals surface area contributed by atoms with Crippen LogP contribution < -0.4 is 0 Å². The van der Waals surface area contributed by atoms with Crippen molar-refractivity contribution in [3.63, 3.8) is 0 Å². The van der Waals surface area contributed by atoms with Gasteiger partial charge in [0.1, 0.15) is 0 Å². The predicted octanol–water partition coefficient (Wildman–Crippen LogP) is 2.59. The van der Waals surface area contributed by atoms with Gasteiger partial charge in [-0.3, -0.25) is 4.68 Å². The third kappa shape index (κ3) is 3.05. The second kappa shape index (κ2) is 5.66. The minimum Gasteiger partial charge on any atom is -0.301 e. The van der Waals surface area contributed by atoms with Crippen molar-refractivity contribution in [3.8, 4) is 0 Å². The molecule has 0 amide bonds. The molecule has 0 fully saturated rings. The highest BCUT2D eigenvalue weighted by Crippen LogP contribution is 2.22. The molecule has 0 aliphatic rings. The molecule has 4 heteroatoms. The molecule has 15 heavy (non-hydrogen) atoms. The SMILES string of the molecule is CCCN(C)Cc1c(Br)c(CC)nn1C. The number of halogens is 1. The maximum Gasteiger partial charge on any atom is 0.0767 e. The Bertz CT molecular complexity index is 320. The lowest BCUT2D eigenvalue weighted by atomic mass is 10.3. The van der Waals surface area contributed by atoms with E-state index in [1.807, 2.05) is 11.7 Å². The Hall–Kier alpha value is -0.350. The smallest absolute Gasteiger partial charge is 0.0767 e. The van der Waals surface area contributed by atoms with Crippen LogP contribution in [-0.2, 0) is 20.0 Å². The molecule has 1 aromatic heterocycles. The van der Waals surface area contributed by atoms with E-state index in [4.69, 9.17) is 0 Å². The molecule has 3 nitrogen and oxygen atoms in total. The summed E-state index contributed by atoms with van der Waals surface area (Å²) in [6.07, 6.45) is 2.17. The number of rotatable bonds is 5. The van der Waals surface area contributed by atoms with Gasteiger partial charge < -0.3 is 4.90 Å². The van der Waals surface area contributed by atoms with Crippen LogP contribution in [0.2, 0.25) is 0 Å². The zero-order valence-electron chi connectivity index (χ0n) is 10.0. The molecule has 0 aliphatic carbocycles. The normalized spacial score (nSPS) is 11.3. The number of nitrogens with zero attached hydrogens (tertiary/aromatic N) is 3. The molecule has 1 aromatic rings.